The highest BCUT2D eigenvalue weighted by Crippen LogP contribution is 2.28. The molecule has 0 aliphatic heterocycles. The van der Waals surface area contributed by atoms with E-state index in [4.69, 9.17) is 15.6 Å². The molecular weight excluding hydrogens is 276 g/mol. The van der Waals surface area contributed by atoms with Gasteiger partial charge in [0.25, 0.3) is 0 Å². The van der Waals surface area contributed by atoms with E-state index >= 15 is 0 Å². The van der Waals surface area contributed by atoms with Crippen molar-refractivity contribution < 1.29 is 24.5 Å². The fourth-order valence-electron chi connectivity index (χ4n) is 1.66. The van der Waals surface area contributed by atoms with E-state index in [1.807, 2.05) is 0 Å². The molecule has 1 rings (SSSR count). The summed E-state index contributed by atoms with van der Waals surface area (Å²) in [4.78, 5) is 22.6. The van der Waals surface area contributed by atoms with Gasteiger partial charge in [-0.1, -0.05) is 6.07 Å². The summed E-state index contributed by atoms with van der Waals surface area (Å²) in [6.45, 7) is 5.06. The normalized spacial score (nSPS) is 12.6. The Bertz CT molecular complexity index is 537. The number of rotatable bonds is 4. The minimum Gasteiger partial charge on any atom is -0.506 e. The van der Waals surface area contributed by atoms with Gasteiger partial charge in [0.15, 0.2) is 0 Å². The highest BCUT2D eigenvalue weighted by Gasteiger charge is 2.21. The molecule has 0 fully saturated rings. The first kappa shape index (κ1) is 16.8. The molecule has 0 saturated heterocycles. The summed E-state index contributed by atoms with van der Waals surface area (Å²) < 4.78 is 5.06. The summed E-state index contributed by atoms with van der Waals surface area (Å²) in [5, 5.41) is 21.3. The molecule has 0 spiro atoms. The number of aromatic hydroxyl groups is 1. The predicted molar refractivity (Wildman–Crippen MR) is 77.4 cm³/mol. The lowest BCUT2D eigenvalue weighted by molar-refractivity contribution is -0.138. The third-order valence-corrected chi connectivity index (χ3v) is 2.59. The molecule has 5 N–H and O–H groups in total. The lowest BCUT2D eigenvalue weighted by Gasteiger charge is -2.20. The van der Waals surface area contributed by atoms with Gasteiger partial charge in [0, 0.05) is 6.54 Å². The number of benzene rings is 1. The van der Waals surface area contributed by atoms with Crippen LogP contribution in [0.15, 0.2) is 18.2 Å². The van der Waals surface area contributed by atoms with E-state index in [9.17, 15) is 14.7 Å². The number of amides is 1. The largest absolute Gasteiger partial charge is 0.506 e. The molecule has 116 valence electrons. The Morgan fingerprint density at radius 3 is 2.43 bits per heavy atom. The second-order valence-electron chi connectivity index (χ2n) is 5.53. The summed E-state index contributed by atoms with van der Waals surface area (Å²) in [7, 11) is 0. The Morgan fingerprint density at radius 2 is 2.00 bits per heavy atom. The number of ether oxygens (including phenoxy) is 1. The van der Waals surface area contributed by atoms with Crippen LogP contribution in [-0.2, 0) is 9.53 Å². The smallest absolute Gasteiger partial charge is 0.412 e. The first-order valence-electron chi connectivity index (χ1n) is 6.40. The molecule has 7 nitrogen and oxygen atoms in total. The first-order valence-corrected chi connectivity index (χ1v) is 6.40. The summed E-state index contributed by atoms with van der Waals surface area (Å²) >= 11 is 0. The number of hydrogen-bond acceptors (Lipinski definition) is 5. The number of nitrogens with one attached hydrogen (secondary N) is 1. The monoisotopic (exact) mass is 296 g/mol. The van der Waals surface area contributed by atoms with Crippen LogP contribution in [0, 0.1) is 0 Å². The number of carboxylic acids is 1. The van der Waals surface area contributed by atoms with Crippen LogP contribution in [0.1, 0.15) is 32.3 Å². The van der Waals surface area contributed by atoms with Crippen LogP contribution in [0.3, 0.4) is 0 Å². The van der Waals surface area contributed by atoms with Gasteiger partial charge in [-0.3, -0.25) is 10.1 Å². The van der Waals surface area contributed by atoms with E-state index in [1.54, 1.807) is 20.8 Å². The molecule has 7 heteroatoms. The van der Waals surface area contributed by atoms with Gasteiger partial charge >= 0.3 is 12.1 Å². The van der Waals surface area contributed by atoms with E-state index in [0.29, 0.717) is 5.56 Å². The van der Waals surface area contributed by atoms with Gasteiger partial charge in [0.1, 0.15) is 11.4 Å². The van der Waals surface area contributed by atoms with Crippen LogP contribution >= 0.6 is 0 Å². The number of nitrogens with two attached hydrogens (primary N) is 1. The Hall–Kier alpha value is -2.28. The molecule has 0 aromatic heterocycles. The Labute approximate surface area is 122 Å². The molecule has 0 radical (unpaired) electrons. The molecule has 1 aromatic rings. The highest BCUT2D eigenvalue weighted by atomic mass is 16.6. The maximum absolute atomic E-state index is 11.6. The summed E-state index contributed by atoms with van der Waals surface area (Å²) in [5.41, 5.74) is 5.22. The van der Waals surface area contributed by atoms with Gasteiger partial charge in [-0.05, 0) is 38.5 Å². The van der Waals surface area contributed by atoms with Crippen molar-refractivity contribution in [3.8, 4) is 5.75 Å². The molecule has 1 aromatic carbocycles. The number of carbonyl (C=O) groups is 2. The summed E-state index contributed by atoms with van der Waals surface area (Å²) in [6, 6.07) is 4.15. The molecule has 1 atom stereocenters. The van der Waals surface area contributed by atoms with Gasteiger partial charge in [0.2, 0.25) is 0 Å². The van der Waals surface area contributed by atoms with Gasteiger partial charge < -0.3 is 20.7 Å². The lowest BCUT2D eigenvalue weighted by atomic mass is 9.99. The Morgan fingerprint density at radius 1 is 1.38 bits per heavy atom. The van der Waals surface area contributed by atoms with Crippen molar-refractivity contribution in [3.63, 3.8) is 0 Å². The standard InChI is InChI=1S/C14H20N2O5/c1-14(2,3)21-13(20)16-10-5-4-8(6-11(10)17)9(7-15)12(18)19/h4-6,9,17H,7,15H2,1-3H3,(H,16,20)(H,18,19). The van der Waals surface area contributed by atoms with Crippen LogP contribution < -0.4 is 11.1 Å². The van der Waals surface area contributed by atoms with Crippen LogP contribution in [-0.4, -0.2) is 34.4 Å². The zero-order valence-corrected chi connectivity index (χ0v) is 12.2. The average molecular weight is 296 g/mol. The fourth-order valence-corrected chi connectivity index (χ4v) is 1.66. The van der Waals surface area contributed by atoms with E-state index in [-0.39, 0.29) is 18.0 Å². The third kappa shape index (κ3) is 4.96. The number of phenols is 1. The van der Waals surface area contributed by atoms with Crippen molar-refractivity contribution in [1.29, 1.82) is 0 Å². The number of carboxylic acid groups (broad SMARTS) is 1. The van der Waals surface area contributed by atoms with Crippen LogP contribution in [0.4, 0.5) is 10.5 Å². The zero-order chi connectivity index (χ0) is 16.2. The number of anilines is 1. The van der Waals surface area contributed by atoms with Gasteiger partial charge in [-0.25, -0.2) is 4.79 Å². The second-order valence-corrected chi connectivity index (χ2v) is 5.53. The third-order valence-electron chi connectivity index (χ3n) is 2.59. The molecule has 0 aliphatic rings. The number of phenolic OH excluding ortho intramolecular Hbond substituents is 1. The van der Waals surface area contributed by atoms with E-state index < -0.39 is 23.6 Å². The lowest BCUT2D eigenvalue weighted by Crippen LogP contribution is -2.27. The van der Waals surface area contributed by atoms with E-state index in [0.717, 1.165) is 0 Å². The quantitative estimate of drug-likeness (QED) is 0.629. The minimum absolute atomic E-state index is 0.0897. The van der Waals surface area contributed by atoms with Crippen molar-refractivity contribution in [2.75, 3.05) is 11.9 Å². The molecule has 0 heterocycles. The number of aliphatic carboxylic acids is 1. The van der Waals surface area contributed by atoms with E-state index in [1.165, 1.54) is 18.2 Å². The molecule has 0 aliphatic carbocycles. The summed E-state index contributed by atoms with van der Waals surface area (Å²) in [6.07, 6.45) is -0.709. The fraction of sp³-hybridized carbons (Fsp3) is 0.429. The van der Waals surface area contributed by atoms with Crippen molar-refractivity contribution in [3.05, 3.63) is 23.8 Å². The molecule has 1 unspecified atom stereocenters. The van der Waals surface area contributed by atoms with Crippen molar-refractivity contribution >= 4 is 17.7 Å². The van der Waals surface area contributed by atoms with E-state index in [2.05, 4.69) is 5.32 Å². The summed E-state index contributed by atoms with van der Waals surface area (Å²) in [5.74, 6) is -2.24. The first-order chi connectivity index (χ1) is 9.64. The maximum Gasteiger partial charge on any atom is 0.412 e. The van der Waals surface area contributed by atoms with Crippen LogP contribution in [0.2, 0.25) is 0 Å². The van der Waals surface area contributed by atoms with Gasteiger partial charge in [-0.15, -0.1) is 0 Å². The number of carbonyl (C=O) groups excluding carboxylic acids is 1. The molecule has 0 bridgehead atoms. The Balaban J connectivity index is 2.88. The van der Waals surface area contributed by atoms with Crippen molar-refractivity contribution in [2.24, 2.45) is 5.73 Å². The molecule has 21 heavy (non-hydrogen) atoms. The highest BCUT2D eigenvalue weighted by molar-refractivity contribution is 5.87. The predicted octanol–water partition coefficient (Wildman–Crippen LogP) is 1.87. The molecular formula is C14H20N2O5. The maximum atomic E-state index is 11.6. The van der Waals surface area contributed by atoms with Crippen molar-refractivity contribution in [1.82, 2.24) is 0 Å². The van der Waals surface area contributed by atoms with Crippen molar-refractivity contribution in [2.45, 2.75) is 32.3 Å². The number of hydrogen-bond donors (Lipinski definition) is 4. The van der Waals surface area contributed by atoms with Gasteiger partial charge in [0.05, 0.1) is 11.6 Å². The zero-order valence-electron chi connectivity index (χ0n) is 12.2. The SMILES string of the molecule is CC(C)(C)OC(=O)Nc1ccc(C(CN)C(=O)O)cc1O. The minimum atomic E-state index is -1.08. The second kappa shape index (κ2) is 6.45. The van der Waals surface area contributed by atoms with Crippen LogP contribution in [0.25, 0.3) is 0 Å². The van der Waals surface area contributed by atoms with Crippen LogP contribution in [0.5, 0.6) is 5.75 Å². The van der Waals surface area contributed by atoms with Gasteiger partial charge in [-0.2, -0.15) is 0 Å². The molecule has 0 saturated carbocycles. The topological polar surface area (TPSA) is 122 Å². The Kier molecular flexibility index (Phi) is 5.15. The molecule has 1 amide bonds. The average Bonchev–Trinajstić information content (AvgIpc) is 2.30.